The van der Waals surface area contributed by atoms with Crippen molar-refractivity contribution in [1.29, 1.82) is 0 Å². The molecule has 1 aromatic rings. The second-order valence-electron chi connectivity index (χ2n) is 5.45. The van der Waals surface area contributed by atoms with Crippen LogP contribution < -0.4 is 10.2 Å². The van der Waals surface area contributed by atoms with Gasteiger partial charge in [0.1, 0.15) is 0 Å². The minimum Gasteiger partial charge on any atom is -0.481 e. The standard InChI is InChI=1S/C16H20N2O3/c1-11(2)7-8-17-16(21)18-10-13(15(19)20)9-12-5-3-4-6-14(12)18/h3-7,13H,8-10H2,1-2H3,(H,17,21)(H,19,20). The number of nitrogens with one attached hydrogen (secondary N) is 1. The van der Waals surface area contributed by atoms with E-state index in [9.17, 15) is 14.7 Å². The number of hydrogen-bond acceptors (Lipinski definition) is 2. The zero-order chi connectivity index (χ0) is 15.4. The van der Waals surface area contributed by atoms with Crippen molar-refractivity contribution >= 4 is 17.7 Å². The third kappa shape index (κ3) is 3.62. The van der Waals surface area contributed by atoms with Crippen LogP contribution >= 0.6 is 0 Å². The number of fused-ring (bicyclic) bond motifs is 1. The lowest BCUT2D eigenvalue weighted by Gasteiger charge is -2.32. The topological polar surface area (TPSA) is 69.6 Å². The summed E-state index contributed by atoms with van der Waals surface area (Å²) >= 11 is 0. The highest BCUT2D eigenvalue weighted by Gasteiger charge is 2.31. The first-order chi connectivity index (χ1) is 9.99. The molecule has 2 rings (SSSR count). The summed E-state index contributed by atoms with van der Waals surface area (Å²) in [6.07, 6.45) is 2.38. The van der Waals surface area contributed by atoms with Crippen molar-refractivity contribution in [3.05, 3.63) is 41.5 Å². The van der Waals surface area contributed by atoms with E-state index in [1.165, 1.54) is 4.90 Å². The fourth-order valence-electron chi connectivity index (χ4n) is 2.39. The van der Waals surface area contributed by atoms with Crippen LogP contribution in [0, 0.1) is 5.92 Å². The van der Waals surface area contributed by atoms with Crippen LogP contribution in [0.4, 0.5) is 10.5 Å². The lowest BCUT2D eigenvalue weighted by atomic mass is 9.93. The fourth-order valence-corrected chi connectivity index (χ4v) is 2.39. The molecule has 1 aliphatic heterocycles. The molecule has 0 saturated heterocycles. The van der Waals surface area contributed by atoms with Crippen molar-refractivity contribution in [2.24, 2.45) is 5.92 Å². The highest BCUT2D eigenvalue weighted by Crippen LogP contribution is 2.29. The Morgan fingerprint density at radius 1 is 1.38 bits per heavy atom. The van der Waals surface area contributed by atoms with Crippen molar-refractivity contribution in [3.63, 3.8) is 0 Å². The van der Waals surface area contributed by atoms with E-state index in [1.54, 1.807) is 0 Å². The van der Waals surface area contributed by atoms with E-state index in [1.807, 2.05) is 44.2 Å². The van der Waals surface area contributed by atoms with Gasteiger partial charge in [0.15, 0.2) is 0 Å². The molecular weight excluding hydrogens is 268 g/mol. The van der Waals surface area contributed by atoms with E-state index in [2.05, 4.69) is 5.32 Å². The van der Waals surface area contributed by atoms with Gasteiger partial charge >= 0.3 is 12.0 Å². The molecule has 0 bridgehead atoms. The Morgan fingerprint density at radius 2 is 2.10 bits per heavy atom. The van der Waals surface area contributed by atoms with Gasteiger partial charge in [-0.15, -0.1) is 0 Å². The van der Waals surface area contributed by atoms with Gasteiger partial charge in [0.25, 0.3) is 0 Å². The number of rotatable bonds is 3. The summed E-state index contributed by atoms with van der Waals surface area (Å²) in [6.45, 7) is 4.57. The second-order valence-corrected chi connectivity index (χ2v) is 5.45. The Labute approximate surface area is 124 Å². The van der Waals surface area contributed by atoms with Crippen molar-refractivity contribution in [2.75, 3.05) is 18.0 Å². The lowest BCUT2D eigenvalue weighted by molar-refractivity contribution is -0.141. The molecule has 0 radical (unpaired) electrons. The van der Waals surface area contributed by atoms with Crippen molar-refractivity contribution < 1.29 is 14.7 Å². The van der Waals surface area contributed by atoms with Crippen molar-refractivity contribution in [1.82, 2.24) is 5.32 Å². The Balaban J connectivity index is 2.19. The number of carboxylic acid groups (broad SMARTS) is 1. The number of hydrogen-bond donors (Lipinski definition) is 2. The number of urea groups is 1. The first-order valence-corrected chi connectivity index (χ1v) is 6.98. The molecule has 1 heterocycles. The molecule has 0 saturated carbocycles. The Kier molecular flexibility index (Phi) is 4.62. The second kappa shape index (κ2) is 6.43. The maximum Gasteiger partial charge on any atom is 0.322 e. The zero-order valence-corrected chi connectivity index (χ0v) is 12.3. The van der Waals surface area contributed by atoms with Crippen LogP contribution in [-0.2, 0) is 11.2 Å². The number of allylic oxidation sites excluding steroid dienone is 1. The van der Waals surface area contributed by atoms with Gasteiger partial charge in [-0.2, -0.15) is 0 Å². The first-order valence-electron chi connectivity index (χ1n) is 6.98. The summed E-state index contributed by atoms with van der Waals surface area (Å²) < 4.78 is 0. The minimum absolute atomic E-state index is 0.201. The molecule has 5 nitrogen and oxygen atoms in total. The van der Waals surface area contributed by atoms with Gasteiger partial charge in [-0.25, -0.2) is 4.79 Å². The summed E-state index contributed by atoms with van der Waals surface area (Å²) in [4.78, 5) is 25.1. The molecule has 0 aliphatic carbocycles. The zero-order valence-electron chi connectivity index (χ0n) is 12.3. The van der Waals surface area contributed by atoms with Gasteiger partial charge in [0.05, 0.1) is 5.92 Å². The normalized spacial score (nSPS) is 16.9. The van der Waals surface area contributed by atoms with Gasteiger partial charge in [-0.3, -0.25) is 9.69 Å². The monoisotopic (exact) mass is 288 g/mol. The van der Waals surface area contributed by atoms with Crippen LogP contribution in [-0.4, -0.2) is 30.2 Å². The van der Waals surface area contributed by atoms with Gasteiger partial charge in [-0.1, -0.05) is 29.8 Å². The smallest absolute Gasteiger partial charge is 0.322 e. The third-order valence-electron chi connectivity index (χ3n) is 3.51. The van der Waals surface area contributed by atoms with Gasteiger partial charge in [-0.05, 0) is 31.9 Å². The van der Waals surface area contributed by atoms with Crippen molar-refractivity contribution in [2.45, 2.75) is 20.3 Å². The molecule has 112 valence electrons. The maximum absolute atomic E-state index is 12.3. The van der Waals surface area contributed by atoms with E-state index in [-0.39, 0.29) is 12.6 Å². The van der Waals surface area contributed by atoms with Crippen LogP contribution in [0.3, 0.4) is 0 Å². The summed E-state index contributed by atoms with van der Waals surface area (Å²) in [5, 5.41) is 12.0. The van der Waals surface area contributed by atoms with Gasteiger partial charge in [0, 0.05) is 18.8 Å². The highest BCUT2D eigenvalue weighted by molar-refractivity contribution is 5.94. The number of carbonyl (C=O) groups is 2. The van der Waals surface area contributed by atoms with Crippen LogP contribution in [0.1, 0.15) is 19.4 Å². The number of carboxylic acids is 1. The number of amides is 2. The minimum atomic E-state index is -0.869. The van der Waals surface area contributed by atoms with E-state index < -0.39 is 11.9 Å². The molecule has 1 unspecified atom stereocenters. The molecule has 1 aliphatic rings. The Hall–Kier alpha value is -2.30. The van der Waals surface area contributed by atoms with E-state index in [4.69, 9.17) is 0 Å². The van der Waals surface area contributed by atoms with E-state index >= 15 is 0 Å². The average Bonchev–Trinajstić information content (AvgIpc) is 2.45. The summed E-state index contributed by atoms with van der Waals surface area (Å²) in [7, 11) is 0. The predicted molar refractivity (Wildman–Crippen MR) is 81.4 cm³/mol. The maximum atomic E-state index is 12.3. The molecule has 21 heavy (non-hydrogen) atoms. The quantitative estimate of drug-likeness (QED) is 0.839. The largest absolute Gasteiger partial charge is 0.481 e. The molecule has 5 heteroatoms. The van der Waals surface area contributed by atoms with Gasteiger partial charge < -0.3 is 10.4 Å². The number of carbonyl (C=O) groups excluding carboxylic acids is 1. The molecule has 2 amide bonds. The molecule has 1 aromatic carbocycles. The number of aliphatic carboxylic acids is 1. The summed E-state index contributed by atoms with van der Waals surface area (Å²) in [5.41, 5.74) is 2.82. The van der Waals surface area contributed by atoms with Crippen LogP contribution in [0.5, 0.6) is 0 Å². The Bertz CT molecular complexity index is 577. The number of benzene rings is 1. The lowest BCUT2D eigenvalue weighted by Crippen LogP contribution is -2.47. The summed E-state index contributed by atoms with van der Waals surface area (Å²) in [5.74, 6) is -1.43. The predicted octanol–water partition coefficient (Wildman–Crippen LogP) is 2.43. The highest BCUT2D eigenvalue weighted by atomic mass is 16.4. The van der Waals surface area contributed by atoms with E-state index in [0.717, 1.165) is 16.8 Å². The molecule has 0 spiro atoms. The Morgan fingerprint density at radius 3 is 2.76 bits per heavy atom. The third-order valence-corrected chi connectivity index (χ3v) is 3.51. The average molecular weight is 288 g/mol. The summed E-state index contributed by atoms with van der Waals surface area (Å²) in [6, 6.07) is 7.19. The molecule has 0 aromatic heterocycles. The van der Waals surface area contributed by atoms with Crippen LogP contribution in [0.25, 0.3) is 0 Å². The fraction of sp³-hybridized carbons (Fsp3) is 0.375. The number of nitrogens with zero attached hydrogens (tertiary/aromatic N) is 1. The van der Waals surface area contributed by atoms with Crippen LogP contribution in [0.2, 0.25) is 0 Å². The van der Waals surface area contributed by atoms with Crippen molar-refractivity contribution in [3.8, 4) is 0 Å². The van der Waals surface area contributed by atoms with Crippen LogP contribution in [0.15, 0.2) is 35.9 Å². The SMILES string of the molecule is CC(C)=CCNC(=O)N1CC(C(=O)O)Cc2ccccc21. The molecule has 0 fully saturated rings. The number of para-hydroxylation sites is 1. The van der Waals surface area contributed by atoms with E-state index in [0.29, 0.717) is 13.0 Å². The molecule has 2 N–H and O–H groups in total. The van der Waals surface area contributed by atoms with Gasteiger partial charge in [0.2, 0.25) is 0 Å². The first kappa shape index (κ1) is 15.1. The molecular formula is C16H20N2O3. The molecule has 1 atom stereocenters. The number of anilines is 1.